The number of hydrogen-bond donors (Lipinski definition) is 1. The lowest BCUT2D eigenvalue weighted by Crippen LogP contribution is -2.02. The van der Waals surface area contributed by atoms with Crippen molar-refractivity contribution < 1.29 is 4.79 Å². The van der Waals surface area contributed by atoms with Crippen molar-refractivity contribution in [3.05, 3.63) is 24.4 Å². The van der Waals surface area contributed by atoms with E-state index in [-0.39, 0.29) is 5.78 Å². The number of carbonyl (C=O) groups excluding carboxylic acids is 1. The number of Topliss-reactive ketones (excluding diaryl/α,β-unsaturated/α-hetero) is 1. The van der Waals surface area contributed by atoms with Crippen LogP contribution in [0.15, 0.2) is 29.4 Å². The molecular formula is C8H9NOS2. The standard InChI is InChI=1S/C8H9NOS2/c10-7(5-11)6-12-8-3-1-2-4-9-8/h1-4,11H,5-6H2. The van der Waals surface area contributed by atoms with Crippen LogP contribution in [-0.4, -0.2) is 22.3 Å². The zero-order chi connectivity index (χ0) is 8.81. The molecule has 1 aromatic rings. The third-order valence-electron chi connectivity index (χ3n) is 1.20. The number of thioether (sulfide) groups is 1. The molecule has 0 bridgehead atoms. The summed E-state index contributed by atoms with van der Waals surface area (Å²) in [6.45, 7) is 0. The molecule has 0 atom stereocenters. The molecule has 64 valence electrons. The van der Waals surface area contributed by atoms with Crippen LogP contribution in [0.1, 0.15) is 0 Å². The molecule has 0 aromatic carbocycles. The minimum atomic E-state index is 0.133. The van der Waals surface area contributed by atoms with Gasteiger partial charge in [0, 0.05) is 6.20 Å². The van der Waals surface area contributed by atoms with E-state index in [0.717, 1.165) is 5.03 Å². The summed E-state index contributed by atoms with van der Waals surface area (Å²) in [7, 11) is 0. The number of rotatable bonds is 4. The van der Waals surface area contributed by atoms with Crippen LogP contribution in [-0.2, 0) is 4.79 Å². The maximum absolute atomic E-state index is 10.9. The molecule has 1 heterocycles. The summed E-state index contributed by atoms with van der Waals surface area (Å²) < 4.78 is 0. The van der Waals surface area contributed by atoms with Crippen molar-refractivity contribution in [2.24, 2.45) is 0 Å². The Morgan fingerprint density at radius 3 is 3.00 bits per heavy atom. The van der Waals surface area contributed by atoms with Crippen LogP contribution in [0.4, 0.5) is 0 Å². The van der Waals surface area contributed by atoms with E-state index in [4.69, 9.17) is 0 Å². The van der Waals surface area contributed by atoms with Gasteiger partial charge in [0.15, 0.2) is 5.78 Å². The van der Waals surface area contributed by atoms with E-state index in [2.05, 4.69) is 17.6 Å². The van der Waals surface area contributed by atoms with Crippen molar-refractivity contribution in [3.8, 4) is 0 Å². The van der Waals surface area contributed by atoms with Gasteiger partial charge in [0.25, 0.3) is 0 Å². The molecule has 0 radical (unpaired) electrons. The van der Waals surface area contributed by atoms with Crippen LogP contribution >= 0.6 is 24.4 Å². The van der Waals surface area contributed by atoms with E-state index >= 15 is 0 Å². The van der Waals surface area contributed by atoms with Crippen LogP contribution in [0.5, 0.6) is 0 Å². The molecule has 0 aliphatic carbocycles. The minimum absolute atomic E-state index is 0.133. The third kappa shape index (κ3) is 3.28. The largest absolute Gasteiger partial charge is 0.298 e. The number of carbonyl (C=O) groups is 1. The van der Waals surface area contributed by atoms with Crippen molar-refractivity contribution >= 4 is 30.2 Å². The number of nitrogens with zero attached hydrogens (tertiary/aromatic N) is 1. The van der Waals surface area contributed by atoms with Crippen LogP contribution in [0.3, 0.4) is 0 Å². The first-order valence-corrected chi connectivity index (χ1v) is 5.11. The molecule has 1 rings (SSSR count). The second-order valence-corrected chi connectivity index (χ2v) is 3.47. The molecule has 0 aliphatic heterocycles. The zero-order valence-electron chi connectivity index (χ0n) is 6.43. The monoisotopic (exact) mass is 199 g/mol. The van der Waals surface area contributed by atoms with E-state index in [1.54, 1.807) is 6.20 Å². The number of pyridine rings is 1. The highest BCUT2D eigenvalue weighted by atomic mass is 32.2. The Morgan fingerprint density at radius 2 is 2.42 bits per heavy atom. The van der Waals surface area contributed by atoms with E-state index in [1.165, 1.54) is 11.8 Å². The molecule has 1 aromatic heterocycles. The summed E-state index contributed by atoms with van der Waals surface area (Å²) in [5, 5.41) is 0.882. The molecular weight excluding hydrogens is 190 g/mol. The lowest BCUT2D eigenvalue weighted by molar-refractivity contribution is -0.114. The summed E-state index contributed by atoms with van der Waals surface area (Å²) in [6.07, 6.45) is 1.72. The van der Waals surface area contributed by atoms with Crippen molar-refractivity contribution in [3.63, 3.8) is 0 Å². The SMILES string of the molecule is O=C(CS)CSc1ccccn1. The van der Waals surface area contributed by atoms with Crippen LogP contribution < -0.4 is 0 Å². The van der Waals surface area contributed by atoms with Gasteiger partial charge in [-0.15, -0.1) is 0 Å². The van der Waals surface area contributed by atoms with Crippen LogP contribution in [0.25, 0.3) is 0 Å². The van der Waals surface area contributed by atoms with E-state index in [9.17, 15) is 4.79 Å². The Morgan fingerprint density at radius 1 is 1.58 bits per heavy atom. The quantitative estimate of drug-likeness (QED) is 0.591. The average Bonchev–Trinajstić information content (AvgIpc) is 2.16. The fraction of sp³-hybridized carbons (Fsp3) is 0.250. The number of hydrogen-bond acceptors (Lipinski definition) is 4. The third-order valence-corrected chi connectivity index (χ3v) is 2.55. The van der Waals surface area contributed by atoms with Gasteiger partial charge in [0.1, 0.15) is 0 Å². The first kappa shape index (κ1) is 9.61. The second-order valence-electron chi connectivity index (χ2n) is 2.15. The number of aromatic nitrogens is 1. The molecule has 0 N–H and O–H groups in total. The summed E-state index contributed by atoms with van der Waals surface area (Å²) in [4.78, 5) is 14.9. The highest BCUT2D eigenvalue weighted by molar-refractivity contribution is 8.00. The Hall–Kier alpha value is -0.480. The Bertz CT molecular complexity index is 250. The normalized spacial score (nSPS) is 9.75. The summed E-state index contributed by atoms with van der Waals surface area (Å²) in [5.74, 6) is 0.898. The van der Waals surface area contributed by atoms with Gasteiger partial charge in [-0.25, -0.2) is 4.98 Å². The van der Waals surface area contributed by atoms with Crippen LogP contribution in [0, 0.1) is 0 Å². The maximum atomic E-state index is 10.9. The minimum Gasteiger partial charge on any atom is -0.298 e. The van der Waals surface area contributed by atoms with Crippen molar-refractivity contribution in [2.75, 3.05) is 11.5 Å². The molecule has 0 amide bonds. The van der Waals surface area contributed by atoms with Gasteiger partial charge in [0.2, 0.25) is 0 Å². The molecule has 0 saturated heterocycles. The summed E-state index contributed by atoms with van der Waals surface area (Å²) in [5.41, 5.74) is 0. The summed E-state index contributed by atoms with van der Waals surface area (Å²) in [6, 6.07) is 5.64. The van der Waals surface area contributed by atoms with Gasteiger partial charge < -0.3 is 0 Å². The predicted molar refractivity (Wildman–Crippen MR) is 53.8 cm³/mol. The lowest BCUT2D eigenvalue weighted by atomic mass is 10.5. The molecule has 4 heteroatoms. The van der Waals surface area contributed by atoms with E-state index in [0.29, 0.717) is 11.5 Å². The average molecular weight is 199 g/mol. The van der Waals surface area contributed by atoms with Gasteiger partial charge >= 0.3 is 0 Å². The van der Waals surface area contributed by atoms with Crippen LogP contribution in [0.2, 0.25) is 0 Å². The topological polar surface area (TPSA) is 30.0 Å². The molecule has 0 unspecified atom stereocenters. The van der Waals surface area contributed by atoms with Crippen molar-refractivity contribution in [2.45, 2.75) is 5.03 Å². The molecule has 12 heavy (non-hydrogen) atoms. The second kappa shape index (κ2) is 5.22. The molecule has 0 fully saturated rings. The Labute approximate surface area is 81.2 Å². The van der Waals surface area contributed by atoms with E-state index in [1.807, 2.05) is 18.2 Å². The highest BCUT2D eigenvalue weighted by Crippen LogP contribution is 2.13. The molecule has 0 spiro atoms. The predicted octanol–water partition coefficient (Wildman–Crippen LogP) is 1.67. The van der Waals surface area contributed by atoms with Gasteiger partial charge in [-0.3, -0.25) is 4.79 Å². The smallest absolute Gasteiger partial charge is 0.152 e. The molecule has 2 nitrogen and oxygen atoms in total. The summed E-state index contributed by atoms with van der Waals surface area (Å²) >= 11 is 5.32. The first-order valence-electron chi connectivity index (χ1n) is 3.49. The van der Waals surface area contributed by atoms with Gasteiger partial charge in [0.05, 0.1) is 16.5 Å². The highest BCUT2D eigenvalue weighted by Gasteiger charge is 1.99. The van der Waals surface area contributed by atoms with Gasteiger partial charge in [-0.2, -0.15) is 12.6 Å². The Balaban J connectivity index is 2.38. The number of ketones is 1. The maximum Gasteiger partial charge on any atom is 0.152 e. The molecule has 0 saturated carbocycles. The fourth-order valence-corrected chi connectivity index (χ4v) is 1.62. The van der Waals surface area contributed by atoms with Gasteiger partial charge in [-0.1, -0.05) is 17.8 Å². The number of thiol groups is 1. The molecule has 0 aliphatic rings. The van der Waals surface area contributed by atoms with Gasteiger partial charge in [-0.05, 0) is 12.1 Å². The lowest BCUT2D eigenvalue weighted by Gasteiger charge is -1.96. The first-order chi connectivity index (χ1) is 5.83. The fourth-order valence-electron chi connectivity index (χ4n) is 0.633. The zero-order valence-corrected chi connectivity index (χ0v) is 8.15. The van der Waals surface area contributed by atoms with E-state index < -0.39 is 0 Å². The van der Waals surface area contributed by atoms with Crippen molar-refractivity contribution in [1.82, 2.24) is 4.98 Å². The van der Waals surface area contributed by atoms with Crippen molar-refractivity contribution in [1.29, 1.82) is 0 Å². The Kier molecular flexibility index (Phi) is 4.18.